The first kappa shape index (κ1) is 18.3. The fourth-order valence-electron chi connectivity index (χ4n) is 3.34. The molecule has 26 heavy (non-hydrogen) atoms. The summed E-state index contributed by atoms with van der Waals surface area (Å²) in [5.74, 6) is 0.559. The fourth-order valence-corrected chi connectivity index (χ4v) is 4.15. The predicted molar refractivity (Wildman–Crippen MR) is 98.0 cm³/mol. The SMILES string of the molecule is CC(=O)c1cc(CC(=O)N2CCC[C@@H](c3nccn3CC(N)=O)C2)cs1. The number of ketones is 1. The summed E-state index contributed by atoms with van der Waals surface area (Å²) in [4.78, 5) is 42.2. The zero-order valence-corrected chi connectivity index (χ0v) is 15.5. The van der Waals surface area contributed by atoms with Gasteiger partial charge in [0.25, 0.3) is 0 Å². The second-order valence-electron chi connectivity index (χ2n) is 6.61. The predicted octanol–water partition coefficient (Wildman–Crippen LogP) is 1.58. The number of nitrogens with zero attached hydrogens (tertiary/aromatic N) is 3. The molecular weight excluding hydrogens is 352 g/mol. The number of hydrogen-bond acceptors (Lipinski definition) is 5. The van der Waals surface area contributed by atoms with Crippen LogP contribution in [0.25, 0.3) is 0 Å². The number of carbonyl (C=O) groups excluding carboxylic acids is 3. The topological polar surface area (TPSA) is 98.3 Å². The molecular formula is C18H22N4O3S. The van der Waals surface area contributed by atoms with Gasteiger partial charge in [0.1, 0.15) is 12.4 Å². The molecule has 1 aliphatic heterocycles. The summed E-state index contributed by atoms with van der Waals surface area (Å²) in [6.45, 7) is 2.93. The van der Waals surface area contributed by atoms with Crippen LogP contribution >= 0.6 is 11.3 Å². The highest BCUT2D eigenvalue weighted by Crippen LogP contribution is 2.26. The van der Waals surface area contributed by atoms with Gasteiger partial charge in [0.15, 0.2) is 5.78 Å². The van der Waals surface area contributed by atoms with Gasteiger partial charge in [-0.05, 0) is 36.8 Å². The molecule has 0 saturated carbocycles. The monoisotopic (exact) mass is 374 g/mol. The van der Waals surface area contributed by atoms with E-state index in [1.807, 2.05) is 10.3 Å². The van der Waals surface area contributed by atoms with E-state index in [-0.39, 0.29) is 24.2 Å². The number of Topliss-reactive ketones (excluding diaryl/α,β-unsaturated/α-hetero) is 1. The standard InChI is InChI=1S/C18H22N4O3S/c1-12(23)15-7-13(11-26-15)8-17(25)21-5-2-3-14(9-21)18-20-4-6-22(18)10-16(19)24/h4,6-7,11,14H,2-3,5,8-10H2,1H3,(H2,19,24)/t14-/m1/s1. The van der Waals surface area contributed by atoms with Crippen LogP contribution in [0.1, 0.15) is 46.7 Å². The van der Waals surface area contributed by atoms with Gasteiger partial charge in [0.2, 0.25) is 11.8 Å². The van der Waals surface area contributed by atoms with Crippen molar-refractivity contribution in [3.63, 3.8) is 0 Å². The molecule has 1 saturated heterocycles. The molecule has 3 rings (SSSR count). The number of imidazole rings is 1. The van der Waals surface area contributed by atoms with Gasteiger partial charge in [-0.2, -0.15) is 0 Å². The van der Waals surface area contributed by atoms with E-state index in [0.29, 0.717) is 17.8 Å². The normalized spacial score (nSPS) is 17.3. The summed E-state index contributed by atoms with van der Waals surface area (Å²) in [6, 6.07) is 1.80. The van der Waals surface area contributed by atoms with Crippen LogP contribution in [-0.2, 0) is 22.6 Å². The molecule has 2 amide bonds. The minimum absolute atomic E-state index is 0.0213. The van der Waals surface area contributed by atoms with Gasteiger partial charge in [0, 0.05) is 31.4 Å². The molecule has 2 aromatic rings. The summed E-state index contributed by atoms with van der Waals surface area (Å²) in [6.07, 6.45) is 5.52. The Bertz CT molecular complexity index is 826. The molecule has 138 valence electrons. The minimum Gasteiger partial charge on any atom is -0.368 e. The maximum atomic E-state index is 12.7. The lowest BCUT2D eigenvalue weighted by Crippen LogP contribution is -2.40. The van der Waals surface area contributed by atoms with E-state index < -0.39 is 5.91 Å². The number of nitrogens with two attached hydrogens (primary N) is 1. The summed E-state index contributed by atoms with van der Waals surface area (Å²) >= 11 is 1.38. The van der Waals surface area contributed by atoms with Crippen LogP contribution in [0, 0.1) is 0 Å². The highest BCUT2D eigenvalue weighted by Gasteiger charge is 2.27. The lowest BCUT2D eigenvalue weighted by atomic mass is 9.96. The van der Waals surface area contributed by atoms with Crippen LogP contribution in [0.15, 0.2) is 23.8 Å². The molecule has 0 aromatic carbocycles. The maximum absolute atomic E-state index is 12.7. The van der Waals surface area contributed by atoms with Gasteiger partial charge in [-0.15, -0.1) is 11.3 Å². The molecule has 1 fully saturated rings. The Kier molecular flexibility index (Phi) is 5.51. The van der Waals surface area contributed by atoms with E-state index in [9.17, 15) is 14.4 Å². The third-order valence-electron chi connectivity index (χ3n) is 4.57. The maximum Gasteiger partial charge on any atom is 0.237 e. The van der Waals surface area contributed by atoms with Crippen LogP contribution in [0.4, 0.5) is 0 Å². The van der Waals surface area contributed by atoms with Gasteiger partial charge >= 0.3 is 0 Å². The minimum atomic E-state index is -0.410. The van der Waals surface area contributed by atoms with Crippen molar-refractivity contribution in [1.29, 1.82) is 0 Å². The first-order valence-electron chi connectivity index (χ1n) is 8.59. The third-order valence-corrected chi connectivity index (χ3v) is 5.65. The lowest BCUT2D eigenvalue weighted by Gasteiger charge is -2.32. The first-order valence-corrected chi connectivity index (χ1v) is 9.47. The van der Waals surface area contributed by atoms with Crippen LogP contribution < -0.4 is 5.73 Å². The summed E-state index contributed by atoms with van der Waals surface area (Å²) in [5.41, 5.74) is 6.17. The molecule has 0 unspecified atom stereocenters. The molecule has 2 N–H and O–H groups in total. The average molecular weight is 374 g/mol. The number of piperidine rings is 1. The Morgan fingerprint density at radius 2 is 2.19 bits per heavy atom. The van der Waals surface area contributed by atoms with E-state index in [0.717, 1.165) is 30.8 Å². The molecule has 0 aliphatic carbocycles. The van der Waals surface area contributed by atoms with Gasteiger partial charge in [0.05, 0.1) is 11.3 Å². The lowest BCUT2D eigenvalue weighted by molar-refractivity contribution is -0.131. The molecule has 7 nitrogen and oxygen atoms in total. The quantitative estimate of drug-likeness (QED) is 0.776. The van der Waals surface area contributed by atoms with Crippen LogP contribution in [0.2, 0.25) is 0 Å². The average Bonchev–Trinajstić information content (AvgIpc) is 3.24. The number of rotatable bonds is 6. The summed E-state index contributed by atoms with van der Waals surface area (Å²) in [7, 11) is 0. The van der Waals surface area contributed by atoms with E-state index >= 15 is 0 Å². The Balaban J connectivity index is 1.66. The number of aromatic nitrogens is 2. The Morgan fingerprint density at radius 1 is 1.38 bits per heavy atom. The second-order valence-corrected chi connectivity index (χ2v) is 7.52. The van der Waals surface area contributed by atoms with Gasteiger partial charge in [-0.3, -0.25) is 14.4 Å². The zero-order valence-electron chi connectivity index (χ0n) is 14.7. The largest absolute Gasteiger partial charge is 0.368 e. The highest BCUT2D eigenvalue weighted by molar-refractivity contribution is 7.12. The molecule has 0 spiro atoms. The van der Waals surface area contributed by atoms with Crippen molar-refractivity contribution in [3.8, 4) is 0 Å². The number of carbonyl (C=O) groups is 3. The molecule has 2 aromatic heterocycles. The molecule has 8 heteroatoms. The van der Waals surface area contributed by atoms with E-state index in [2.05, 4.69) is 4.98 Å². The molecule has 1 atom stereocenters. The van der Waals surface area contributed by atoms with Crippen molar-refractivity contribution < 1.29 is 14.4 Å². The number of likely N-dealkylation sites (tertiary alicyclic amines) is 1. The highest BCUT2D eigenvalue weighted by atomic mass is 32.1. The molecule has 1 aliphatic rings. The van der Waals surface area contributed by atoms with Crippen LogP contribution in [-0.4, -0.2) is 45.1 Å². The van der Waals surface area contributed by atoms with E-state index in [1.165, 1.54) is 18.3 Å². The third kappa shape index (κ3) is 4.19. The van der Waals surface area contributed by atoms with Crippen LogP contribution in [0.3, 0.4) is 0 Å². The van der Waals surface area contributed by atoms with Crippen molar-refractivity contribution in [2.24, 2.45) is 5.73 Å². The van der Waals surface area contributed by atoms with Crippen molar-refractivity contribution in [3.05, 3.63) is 40.1 Å². The zero-order chi connectivity index (χ0) is 18.7. The smallest absolute Gasteiger partial charge is 0.237 e. The van der Waals surface area contributed by atoms with Gasteiger partial charge in [-0.1, -0.05) is 0 Å². The van der Waals surface area contributed by atoms with Crippen molar-refractivity contribution in [2.45, 2.75) is 38.6 Å². The molecule has 0 bridgehead atoms. The van der Waals surface area contributed by atoms with E-state index in [4.69, 9.17) is 5.73 Å². The van der Waals surface area contributed by atoms with Crippen molar-refractivity contribution in [2.75, 3.05) is 13.1 Å². The second kappa shape index (κ2) is 7.82. The Hall–Kier alpha value is -2.48. The number of thiophene rings is 1. The Labute approximate surface area is 155 Å². The number of hydrogen-bond donors (Lipinski definition) is 1. The first-order chi connectivity index (χ1) is 12.4. The van der Waals surface area contributed by atoms with Gasteiger partial charge in [-0.25, -0.2) is 4.98 Å². The van der Waals surface area contributed by atoms with Gasteiger partial charge < -0.3 is 15.2 Å². The number of amides is 2. The molecule has 3 heterocycles. The molecule has 0 radical (unpaired) electrons. The fraction of sp³-hybridized carbons (Fsp3) is 0.444. The summed E-state index contributed by atoms with van der Waals surface area (Å²) in [5, 5.41) is 1.87. The van der Waals surface area contributed by atoms with Crippen molar-refractivity contribution >= 4 is 28.9 Å². The van der Waals surface area contributed by atoms with Crippen molar-refractivity contribution in [1.82, 2.24) is 14.5 Å². The Morgan fingerprint density at radius 3 is 2.88 bits per heavy atom. The number of primary amides is 1. The van der Waals surface area contributed by atoms with Crippen LogP contribution in [0.5, 0.6) is 0 Å². The van der Waals surface area contributed by atoms with E-state index in [1.54, 1.807) is 23.0 Å². The summed E-state index contributed by atoms with van der Waals surface area (Å²) < 4.78 is 1.76.